The second kappa shape index (κ2) is 5.63. The van der Waals surface area contributed by atoms with E-state index in [0.717, 1.165) is 0 Å². The molecule has 0 aliphatic carbocycles. The van der Waals surface area contributed by atoms with Gasteiger partial charge in [-0.05, 0) is 24.3 Å². The van der Waals surface area contributed by atoms with E-state index in [0.29, 0.717) is 11.4 Å². The highest BCUT2D eigenvalue weighted by Crippen LogP contribution is 2.22. The summed E-state index contributed by atoms with van der Waals surface area (Å²) in [6, 6.07) is 13.0. The highest BCUT2D eigenvalue weighted by atomic mass is 16.6. The summed E-state index contributed by atoms with van der Waals surface area (Å²) in [4.78, 5) is 15.9. The molecule has 3 N–H and O–H groups in total. The Kier molecular flexibility index (Phi) is 3.72. The van der Waals surface area contributed by atoms with E-state index < -0.39 is 5.97 Å². The lowest BCUT2D eigenvalue weighted by Gasteiger charge is -2.01. The maximum Gasteiger partial charge on any atom is 0.339 e. The zero-order valence-electron chi connectivity index (χ0n) is 9.85. The summed E-state index contributed by atoms with van der Waals surface area (Å²) < 4.78 is 0. The number of carbonyl (C=O) groups is 1. The van der Waals surface area contributed by atoms with Crippen LogP contribution in [0.5, 0.6) is 5.75 Å². The zero-order valence-corrected chi connectivity index (χ0v) is 9.85. The third-order valence-electron chi connectivity index (χ3n) is 2.34. The molecular weight excluding hydrogens is 246 g/mol. The predicted molar refractivity (Wildman–Crippen MR) is 69.4 cm³/mol. The highest BCUT2D eigenvalue weighted by molar-refractivity contribution is 5.90. The Labute approximate surface area is 109 Å². The zero-order chi connectivity index (χ0) is 13.7. The Hall–Kier alpha value is -2.89. The molecule has 0 fully saturated rings. The molecule has 0 saturated heterocycles. The molecule has 0 radical (unpaired) electrons. The Morgan fingerprint density at radius 3 is 2.53 bits per heavy atom. The minimum atomic E-state index is -1.09. The normalized spacial score (nSPS) is 10.5. The molecule has 0 bridgehead atoms. The van der Waals surface area contributed by atoms with Crippen molar-refractivity contribution in [3.8, 4) is 5.75 Å². The van der Waals surface area contributed by atoms with Crippen LogP contribution in [0.3, 0.4) is 0 Å². The highest BCUT2D eigenvalue weighted by Gasteiger charge is 2.10. The molecule has 2 rings (SSSR count). The minimum absolute atomic E-state index is 0.0162. The molecule has 6 nitrogen and oxygen atoms in total. The molecule has 0 saturated carbocycles. The fourth-order valence-corrected chi connectivity index (χ4v) is 1.41. The van der Waals surface area contributed by atoms with Crippen molar-refractivity contribution in [2.75, 3.05) is 5.73 Å². The Morgan fingerprint density at radius 2 is 1.79 bits per heavy atom. The van der Waals surface area contributed by atoms with Crippen LogP contribution >= 0.6 is 0 Å². The minimum Gasteiger partial charge on any atom is -0.478 e. The number of carboxylic acids is 1. The maximum atomic E-state index is 10.9. The Morgan fingerprint density at radius 1 is 1.11 bits per heavy atom. The van der Waals surface area contributed by atoms with Gasteiger partial charge in [0.1, 0.15) is 11.3 Å². The quantitative estimate of drug-likeness (QED) is 0.499. The summed E-state index contributed by atoms with van der Waals surface area (Å²) in [6.07, 6.45) is 0. The van der Waals surface area contributed by atoms with Crippen LogP contribution in [-0.2, 0) is 0 Å². The molecule has 0 aromatic heterocycles. The lowest BCUT2D eigenvalue weighted by Crippen LogP contribution is -1.99. The van der Waals surface area contributed by atoms with Crippen LogP contribution in [0.25, 0.3) is 0 Å². The molecule has 0 spiro atoms. The van der Waals surface area contributed by atoms with Gasteiger partial charge in [-0.25, -0.2) is 4.79 Å². The van der Waals surface area contributed by atoms with E-state index in [1.165, 1.54) is 12.1 Å². The number of nitrogens with two attached hydrogens (primary N) is 1. The van der Waals surface area contributed by atoms with Crippen molar-refractivity contribution in [1.29, 1.82) is 0 Å². The standard InChI is InChI=1S/C13H11N3O3/c14-10-6-2-3-7-11(10)15-16-19-12-8-4-1-5-9(12)13(17)18/h1-8H,14H2,(H,17,18). The van der Waals surface area contributed by atoms with Crippen molar-refractivity contribution >= 4 is 17.3 Å². The summed E-state index contributed by atoms with van der Waals surface area (Å²) in [7, 11) is 0. The van der Waals surface area contributed by atoms with Crippen molar-refractivity contribution in [2.45, 2.75) is 0 Å². The number of rotatable bonds is 4. The van der Waals surface area contributed by atoms with Crippen LogP contribution in [0.4, 0.5) is 11.4 Å². The molecule has 0 amide bonds. The van der Waals surface area contributed by atoms with Gasteiger partial charge in [0, 0.05) is 5.28 Å². The number of nitrogen functional groups attached to an aromatic ring is 1. The van der Waals surface area contributed by atoms with Crippen molar-refractivity contribution in [3.63, 3.8) is 0 Å². The summed E-state index contributed by atoms with van der Waals surface area (Å²) in [6.45, 7) is 0. The van der Waals surface area contributed by atoms with Crippen LogP contribution in [0, 0.1) is 0 Å². The third kappa shape index (κ3) is 3.06. The van der Waals surface area contributed by atoms with E-state index in [1.807, 2.05) is 0 Å². The average molecular weight is 257 g/mol. The molecule has 0 aliphatic rings. The fraction of sp³-hybridized carbons (Fsp3) is 0. The summed E-state index contributed by atoms with van der Waals surface area (Å²) in [5.74, 6) is -0.974. The number of hydrogen-bond donors (Lipinski definition) is 2. The van der Waals surface area contributed by atoms with E-state index in [9.17, 15) is 4.79 Å². The van der Waals surface area contributed by atoms with Crippen molar-refractivity contribution in [3.05, 3.63) is 54.1 Å². The van der Waals surface area contributed by atoms with Crippen LogP contribution in [-0.4, -0.2) is 11.1 Å². The largest absolute Gasteiger partial charge is 0.478 e. The first-order chi connectivity index (χ1) is 9.18. The SMILES string of the molecule is Nc1ccccc1N=NOc1ccccc1C(=O)O. The van der Waals surface area contributed by atoms with Crippen molar-refractivity contribution < 1.29 is 14.7 Å². The van der Waals surface area contributed by atoms with Crippen LogP contribution in [0.15, 0.2) is 58.9 Å². The molecule has 6 heteroatoms. The number of hydrogen-bond acceptors (Lipinski definition) is 5. The number of para-hydroxylation sites is 2. The number of aromatic carboxylic acids is 1. The van der Waals surface area contributed by atoms with Gasteiger partial charge in [-0.2, -0.15) is 0 Å². The van der Waals surface area contributed by atoms with E-state index in [1.54, 1.807) is 36.4 Å². The second-order valence-corrected chi connectivity index (χ2v) is 3.63. The first-order valence-corrected chi connectivity index (χ1v) is 5.43. The lowest BCUT2D eigenvalue weighted by molar-refractivity contribution is 0.0692. The van der Waals surface area contributed by atoms with Gasteiger partial charge < -0.3 is 15.7 Å². The number of carboxylic acid groups (broad SMARTS) is 1. The molecular formula is C13H11N3O3. The molecule has 2 aromatic carbocycles. The maximum absolute atomic E-state index is 10.9. The molecule has 0 atom stereocenters. The second-order valence-electron chi connectivity index (χ2n) is 3.63. The first-order valence-electron chi connectivity index (χ1n) is 5.43. The van der Waals surface area contributed by atoms with E-state index in [2.05, 4.69) is 10.4 Å². The van der Waals surface area contributed by atoms with Crippen molar-refractivity contribution in [1.82, 2.24) is 0 Å². The van der Waals surface area contributed by atoms with Gasteiger partial charge in [-0.15, -0.1) is 5.11 Å². The van der Waals surface area contributed by atoms with E-state index in [4.69, 9.17) is 15.7 Å². The summed E-state index contributed by atoms with van der Waals surface area (Å²) in [5.41, 5.74) is 6.60. The monoisotopic (exact) mass is 257 g/mol. The molecule has 0 heterocycles. The van der Waals surface area contributed by atoms with Gasteiger partial charge in [-0.1, -0.05) is 24.3 Å². The van der Waals surface area contributed by atoms with Gasteiger partial charge >= 0.3 is 5.97 Å². The summed E-state index contributed by atoms with van der Waals surface area (Å²) in [5, 5.41) is 16.2. The molecule has 19 heavy (non-hydrogen) atoms. The van der Waals surface area contributed by atoms with Crippen LogP contribution in [0.1, 0.15) is 10.4 Å². The van der Waals surface area contributed by atoms with Crippen LogP contribution in [0.2, 0.25) is 0 Å². The lowest BCUT2D eigenvalue weighted by atomic mass is 10.2. The Balaban J connectivity index is 2.15. The smallest absolute Gasteiger partial charge is 0.339 e. The van der Waals surface area contributed by atoms with Gasteiger partial charge in [0.2, 0.25) is 0 Å². The number of benzene rings is 2. The first kappa shape index (κ1) is 12.6. The van der Waals surface area contributed by atoms with Gasteiger partial charge in [-0.3, -0.25) is 0 Å². The molecule has 96 valence electrons. The van der Waals surface area contributed by atoms with Gasteiger partial charge in [0.25, 0.3) is 0 Å². The molecule has 0 unspecified atom stereocenters. The molecule has 0 aliphatic heterocycles. The fourth-order valence-electron chi connectivity index (χ4n) is 1.41. The Bertz CT molecular complexity index is 626. The number of nitrogens with zero attached hydrogens (tertiary/aromatic N) is 2. The van der Waals surface area contributed by atoms with E-state index in [-0.39, 0.29) is 11.3 Å². The predicted octanol–water partition coefficient (Wildman–Crippen LogP) is 3.04. The van der Waals surface area contributed by atoms with Crippen molar-refractivity contribution in [2.24, 2.45) is 10.4 Å². The van der Waals surface area contributed by atoms with Gasteiger partial charge in [0.05, 0.1) is 5.69 Å². The average Bonchev–Trinajstić information content (AvgIpc) is 2.41. The summed E-state index contributed by atoms with van der Waals surface area (Å²) >= 11 is 0. The van der Waals surface area contributed by atoms with Crippen LogP contribution < -0.4 is 10.6 Å². The molecule has 2 aromatic rings. The van der Waals surface area contributed by atoms with Gasteiger partial charge in [0.15, 0.2) is 5.75 Å². The topological polar surface area (TPSA) is 97.3 Å². The third-order valence-corrected chi connectivity index (χ3v) is 2.34. The number of anilines is 1. The van der Waals surface area contributed by atoms with E-state index >= 15 is 0 Å².